The average molecular weight is 254 g/mol. The SMILES string of the molecule is CCOC1CCN(C(=O)N2CCCCCC2)CC1. The predicted octanol–water partition coefficient (Wildman–Crippen LogP) is 2.48. The van der Waals surface area contributed by atoms with Crippen LogP contribution in [-0.4, -0.2) is 54.7 Å². The van der Waals surface area contributed by atoms with Gasteiger partial charge in [-0.3, -0.25) is 0 Å². The van der Waals surface area contributed by atoms with Crippen molar-refractivity contribution in [2.24, 2.45) is 0 Å². The van der Waals surface area contributed by atoms with E-state index in [2.05, 4.69) is 0 Å². The second-order valence-corrected chi connectivity index (χ2v) is 5.33. The van der Waals surface area contributed by atoms with Crippen molar-refractivity contribution in [2.75, 3.05) is 32.8 Å². The summed E-state index contributed by atoms with van der Waals surface area (Å²) in [5, 5.41) is 0. The topological polar surface area (TPSA) is 32.8 Å². The lowest BCUT2D eigenvalue weighted by molar-refractivity contribution is 0.0185. The minimum atomic E-state index is 0.256. The molecule has 2 heterocycles. The summed E-state index contributed by atoms with van der Waals surface area (Å²) in [4.78, 5) is 16.4. The van der Waals surface area contributed by atoms with Crippen molar-refractivity contribution in [3.05, 3.63) is 0 Å². The van der Waals surface area contributed by atoms with Gasteiger partial charge in [0.05, 0.1) is 6.10 Å². The first-order valence-corrected chi connectivity index (χ1v) is 7.46. The number of urea groups is 1. The van der Waals surface area contributed by atoms with Crippen LogP contribution >= 0.6 is 0 Å². The normalized spacial score (nSPS) is 22.9. The molecule has 0 unspecified atom stereocenters. The zero-order valence-corrected chi connectivity index (χ0v) is 11.6. The molecule has 0 saturated carbocycles. The highest BCUT2D eigenvalue weighted by atomic mass is 16.5. The third-order valence-electron chi connectivity index (χ3n) is 3.99. The maximum atomic E-state index is 12.4. The van der Waals surface area contributed by atoms with Crippen LogP contribution in [0.25, 0.3) is 0 Å². The maximum absolute atomic E-state index is 12.4. The molecular formula is C14H26N2O2. The third-order valence-corrected chi connectivity index (χ3v) is 3.99. The van der Waals surface area contributed by atoms with E-state index in [0.29, 0.717) is 6.10 Å². The summed E-state index contributed by atoms with van der Waals surface area (Å²) in [5.41, 5.74) is 0. The van der Waals surface area contributed by atoms with Crippen LogP contribution in [0, 0.1) is 0 Å². The highest BCUT2D eigenvalue weighted by Gasteiger charge is 2.26. The molecule has 0 aromatic heterocycles. The highest BCUT2D eigenvalue weighted by Crippen LogP contribution is 2.17. The molecule has 18 heavy (non-hydrogen) atoms. The quantitative estimate of drug-likeness (QED) is 0.758. The monoisotopic (exact) mass is 254 g/mol. The minimum Gasteiger partial charge on any atom is -0.378 e. The summed E-state index contributed by atoms with van der Waals surface area (Å²) in [7, 11) is 0. The van der Waals surface area contributed by atoms with E-state index in [9.17, 15) is 4.79 Å². The molecule has 4 heteroatoms. The second kappa shape index (κ2) is 6.98. The lowest BCUT2D eigenvalue weighted by atomic mass is 10.1. The molecule has 0 aromatic carbocycles. The fourth-order valence-corrected chi connectivity index (χ4v) is 2.91. The van der Waals surface area contributed by atoms with Gasteiger partial charge < -0.3 is 14.5 Å². The summed E-state index contributed by atoms with van der Waals surface area (Å²) in [5.74, 6) is 0. The first-order valence-electron chi connectivity index (χ1n) is 7.46. The van der Waals surface area contributed by atoms with Crippen molar-refractivity contribution in [1.82, 2.24) is 9.80 Å². The van der Waals surface area contributed by atoms with E-state index in [4.69, 9.17) is 4.74 Å². The molecule has 0 bridgehead atoms. The van der Waals surface area contributed by atoms with Gasteiger partial charge in [0.2, 0.25) is 0 Å². The Morgan fingerprint density at radius 3 is 2.11 bits per heavy atom. The van der Waals surface area contributed by atoms with Gasteiger partial charge in [-0.1, -0.05) is 12.8 Å². The number of likely N-dealkylation sites (tertiary alicyclic amines) is 2. The molecule has 0 radical (unpaired) electrons. The van der Waals surface area contributed by atoms with Gasteiger partial charge in [-0.05, 0) is 32.6 Å². The minimum absolute atomic E-state index is 0.256. The average Bonchev–Trinajstić information content (AvgIpc) is 2.68. The molecule has 0 spiro atoms. The third kappa shape index (κ3) is 3.61. The zero-order chi connectivity index (χ0) is 12.8. The number of hydrogen-bond donors (Lipinski definition) is 0. The first kappa shape index (κ1) is 13.7. The molecule has 0 aromatic rings. The molecule has 2 aliphatic rings. The lowest BCUT2D eigenvalue weighted by Gasteiger charge is -2.35. The van der Waals surface area contributed by atoms with Gasteiger partial charge >= 0.3 is 6.03 Å². The van der Waals surface area contributed by atoms with Gasteiger partial charge in [-0.25, -0.2) is 4.79 Å². The summed E-state index contributed by atoms with van der Waals surface area (Å²) in [6.45, 7) is 6.44. The summed E-state index contributed by atoms with van der Waals surface area (Å²) in [6.07, 6.45) is 7.23. The van der Waals surface area contributed by atoms with Gasteiger partial charge in [0.1, 0.15) is 0 Å². The Morgan fingerprint density at radius 2 is 1.56 bits per heavy atom. The molecule has 0 atom stereocenters. The zero-order valence-electron chi connectivity index (χ0n) is 11.6. The molecule has 4 nitrogen and oxygen atoms in total. The van der Waals surface area contributed by atoms with Gasteiger partial charge in [0.15, 0.2) is 0 Å². The summed E-state index contributed by atoms with van der Waals surface area (Å²) >= 11 is 0. The van der Waals surface area contributed by atoms with E-state index in [0.717, 1.165) is 45.6 Å². The molecule has 104 valence electrons. The van der Waals surface area contributed by atoms with Gasteiger partial charge in [-0.15, -0.1) is 0 Å². The molecule has 2 amide bonds. The molecule has 2 saturated heterocycles. The highest BCUT2D eigenvalue weighted by molar-refractivity contribution is 5.74. The van der Waals surface area contributed by atoms with Crippen molar-refractivity contribution < 1.29 is 9.53 Å². The van der Waals surface area contributed by atoms with E-state index >= 15 is 0 Å². The van der Waals surface area contributed by atoms with Crippen molar-refractivity contribution >= 4 is 6.03 Å². The van der Waals surface area contributed by atoms with Crippen LogP contribution in [0.3, 0.4) is 0 Å². The standard InChI is InChI=1S/C14H26N2O2/c1-2-18-13-7-11-16(12-8-13)14(17)15-9-5-3-4-6-10-15/h13H,2-12H2,1H3. The van der Waals surface area contributed by atoms with Crippen molar-refractivity contribution in [2.45, 2.75) is 51.6 Å². The van der Waals surface area contributed by atoms with Crippen molar-refractivity contribution in [3.8, 4) is 0 Å². The fraction of sp³-hybridized carbons (Fsp3) is 0.929. The van der Waals surface area contributed by atoms with Crippen LogP contribution in [0.15, 0.2) is 0 Å². The van der Waals surface area contributed by atoms with Gasteiger partial charge in [0, 0.05) is 32.8 Å². The summed E-state index contributed by atoms with van der Waals surface area (Å²) < 4.78 is 5.62. The van der Waals surface area contributed by atoms with Crippen LogP contribution in [0.4, 0.5) is 4.79 Å². The van der Waals surface area contributed by atoms with Gasteiger partial charge in [-0.2, -0.15) is 0 Å². The summed E-state index contributed by atoms with van der Waals surface area (Å²) in [6, 6.07) is 0.256. The fourth-order valence-electron chi connectivity index (χ4n) is 2.91. The Hall–Kier alpha value is -0.770. The Labute approximate surface area is 110 Å². The number of rotatable bonds is 2. The van der Waals surface area contributed by atoms with Crippen LogP contribution < -0.4 is 0 Å². The largest absolute Gasteiger partial charge is 0.378 e. The molecule has 2 aliphatic heterocycles. The van der Waals surface area contributed by atoms with Crippen molar-refractivity contribution in [3.63, 3.8) is 0 Å². The molecule has 2 rings (SSSR count). The molecule has 0 N–H and O–H groups in total. The lowest BCUT2D eigenvalue weighted by Crippen LogP contribution is -2.48. The van der Waals surface area contributed by atoms with E-state index < -0.39 is 0 Å². The maximum Gasteiger partial charge on any atom is 0.320 e. The number of hydrogen-bond acceptors (Lipinski definition) is 2. The number of ether oxygens (including phenoxy) is 1. The smallest absolute Gasteiger partial charge is 0.320 e. The van der Waals surface area contributed by atoms with Gasteiger partial charge in [0.25, 0.3) is 0 Å². The molecular weight excluding hydrogens is 228 g/mol. The number of nitrogens with zero attached hydrogens (tertiary/aromatic N) is 2. The number of piperidine rings is 1. The Bertz CT molecular complexity index is 255. The van der Waals surface area contributed by atoms with E-state index in [-0.39, 0.29) is 6.03 Å². The van der Waals surface area contributed by atoms with Crippen LogP contribution in [0.1, 0.15) is 45.4 Å². The van der Waals surface area contributed by atoms with Crippen LogP contribution in [-0.2, 0) is 4.74 Å². The Kier molecular flexibility index (Phi) is 5.29. The van der Waals surface area contributed by atoms with E-state index in [1.807, 2.05) is 16.7 Å². The Morgan fingerprint density at radius 1 is 1.00 bits per heavy atom. The first-order chi connectivity index (χ1) is 8.81. The van der Waals surface area contributed by atoms with E-state index in [1.54, 1.807) is 0 Å². The number of carbonyl (C=O) groups is 1. The predicted molar refractivity (Wildman–Crippen MR) is 71.7 cm³/mol. The van der Waals surface area contributed by atoms with Crippen molar-refractivity contribution in [1.29, 1.82) is 0 Å². The second-order valence-electron chi connectivity index (χ2n) is 5.33. The van der Waals surface area contributed by atoms with Crippen LogP contribution in [0.5, 0.6) is 0 Å². The molecule has 2 fully saturated rings. The Balaban J connectivity index is 1.79. The van der Waals surface area contributed by atoms with Crippen LogP contribution in [0.2, 0.25) is 0 Å². The molecule has 0 aliphatic carbocycles. The van der Waals surface area contributed by atoms with E-state index in [1.165, 1.54) is 25.7 Å². The number of carbonyl (C=O) groups excluding carboxylic acids is 1. The number of amides is 2.